The highest BCUT2D eigenvalue weighted by atomic mass is 35.5. The molecule has 1 aliphatic rings. The van der Waals surface area contributed by atoms with Crippen LogP contribution in [-0.2, 0) is 0 Å². The highest BCUT2D eigenvalue weighted by Gasteiger charge is 2.30. The lowest BCUT2D eigenvalue weighted by Gasteiger charge is -2.40. The highest BCUT2D eigenvalue weighted by molar-refractivity contribution is 6.33. The maximum atomic E-state index is 13.1. The summed E-state index contributed by atoms with van der Waals surface area (Å²) < 4.78 is 13.1. The van der Waals surface area contributed by atoms with Gasteiger partial charge in [0, 0.05) is 24.0 Å². The summed E-state index contributed by atoms with van der Waals surface area (Å²) in [6, 6.07) is 6.61. The smallest absolute Gasteiger partial charge is 0.251 e. The Hall–Kier alpha value is -2.80. The minimum atomic E-state index is -0.472. The molecule has 138 valence electrons. The average molecular weight is 386 g/mol. The first kappa shape index (κ1) is 17.6. The van der Waals surface area contributed by atoms with Crippen LogP contribution in [0.1, 0.15) is 21.6 Å². The predicted octanol–water partition coefficient (Wildman–Crippen LogP) is 3.05. The van der Waals surface area contributed by atoms with E-state index in [4.69, 9.17) is 11.6 Å². The minimum absolute atomic E-state index is 0.0190. The van der Waals surface area contributed by atoms with Gasteiger partial charge in [-0.05, 0) is 43.7 Å². The van der Waals surface area contributed by atoms with Gasteiger partial charge in [-0.1, -0.05) is 11.6 Å². The van der Waals surface area contributed by atoms with Crippen LogP contribution in [0, 0.1) is 19.7 Å². The molecule has 0 spiro atoms. The largest absolute Gasteiger partial charge is 0.351 e. The lowest BCUT2D eigenvalue weighted by Crippen LogP contribution is -2.59. The van der Waals surface area contributed by atoms with Crippen molar-refractivity contribution >= 4 is 34.2 Å². The third kappa shape index (κ3) is 3.30. The van der Waals surface area contributed by atoms with Crippen LogP contribution in [0.3, 0.4) is 0 Å². The molecule has 4 rings (SSSR count). The summed E-state index contributed by atoms with van der Waals surface area (Å²) in [6.45, 7) is 5.01. The third-order valence-electron chi connectivity index (χ3n) is 4.82. The van der Waals surface area contributed by atoms with E-state index in [-0.39, 0.29) is 17.0 Å². The van der Waals surface area contributed by atoms with E-state index in [0.29, 0.717) is 24.5 Å². The number of fused-ring (bicyclic) bond motifs is 1. The van der Waals surface area contributed by atoms with Crippen LogP contribution < -0.4 is 10.2 Å². The Balaban J connectivity index is 1.45. The van der Waals surface area contributed by atoms with Gasteiger partial charge in [0.15, 0.2) is 0 Å². The van der Waals surface area contributed by atoms with E-state index >= 15 is 0 Å². The van der Waals surface area contributed by atoms with Crippen LogP contribution in [-0.4, -0.2) is 40.2 Å². The molecule has 3 heterocycles. The van der Waals surface area contributed by atoms with E-state index in [1.807, 2.05) is 24.8 Å². The molecule has 27 heavy (non-hydrogen) atoms. The zero-order chi connectivity index (χ0) is 19.1. The summed E-state index contributed by atoms with van der Waals surface area (Å²) >= 11 is 6.03. The Kier molecular flexibility index (Phi) is 4.39. The number of carbonyl (C=O) groups is 1. The third-order valence-corrected chi connectivity index (χ3v) is 5.10. The van der Waals surface area contributed by atoms with E-state index in [9.17, 15) is 9.18 Å². The first-order chi connectivity index (χ1) is 12.9. The molecule has 0 atom stereocenters. The lowest BCUT2D eigenvalue weighted by molar-refractivity contribution is 0.0930. The van der Waals surface area contributed by atoms with Gasteiger partial charge in [-0.3, -0.25) is 4.79 Å². The molecule has 1 aliphatic heterocycles. The number of rotatable bonds is 3. The Morgan fingerprint density at radius 2 is 2.04 bits per heavy atom. The van der Waals surface area contributed by atoms with Gasteiger partial charge >= 0.3 is 0 Å². The number of amides is 1. The number of pyridine rings is 1. The van der Waals surface area contributed by atoms with Gasteiger partial charge in [-0.25, -0.2) is 9.37 Å². The first-order valence-electron chi connectivity index (χ1n) is 8.53. The quantitative estimate of drug-likeness (QED) is 0.750. The standard InChI is InChI=1S/C19H17ClFN5O/c1-10-11(2)24-25-17-4-3-12(5-15(10)17)19(27)23-14-8-26(9-14)18-16(20)6-13(21)7-22-18/h3-7,14H,8-9H2,1-2H3,(H,23,27). The van der Waals surface area contributed by atoms with E-state index in [1.54, 1.807) is 12.1 Å². The SMILES string of the molecule is Cc1nnc2ccc(C(=O)NC3CN(c4ncc(F)cc4Cl)C3)cc2c1C. The fraction of sp³-hybridized carbons (Fsp3) is 0.263. The summed E-state index contributed by atoms with van der Waals surface area (Å²) in [5.41, 5.74) is 3.20. The van der Waals surface area contributed by atoms with Crippen LogP contribution in [0.15, 0.2) is 30.5 Å². The molecule has 1 fully saturated rings. The summed E-state index contributed by atoms with van der Waals surface area (Å²) in [5.74, 6) is -0.0897. The second-order valence-electron chi connectivity index (χ2n) is 6.68. The summed E-state index contributed by atoms with van der Waals surface area (Å²) in [6.07, 6.45) is 1.13. The fourth-order valence-corrected chi connectivity index (χ4v) is 3.39. The van der Waals surface area contributed by atoms with Crippen LogP contribution in [0.25, 0.3) is 10.9 Å². The number of hydrogen-bond acceptors (Lipinski definition) is 5. The van der Waals surface area contributed by atoms with Gasteiger partial charge in [0.2, 0.25) is 0 Å². The Labute approximate surface area is 160 Å². The second kappa shape index (κ2) is 6.74. The van der Waals surface area contributed by atoms with Gasteiger partial charge < -0.3 is 10.2 Å². The number of hydrogen-bond donors (Lipinski definition) is 1. The summed E-state index contributed by atoms with van der Waals surface area (Å²) in [5, 5.41) is 12.4. The van der Waals surface area contributed by atoms with Crippen molar-refractivity contribution in [2.75, 3.05) is 18.0 Å². The van der Waals surface area contributed by atoms with Crippen molar-refractivity contribution in [2.45, 2.75) is 19.9 Å². The zero-order valence-electron chi connectivity index (χ0n) is 14.8. The molecule has 0 unspecified atom stereocenters. The number of nitrogens with one attached hydrogen (secondary N) is 1. The van der Waals surface area contributed by atoms with Crippen LogP contribution in [0.4, 0.5) is 10.2 Å². The number of nitrogens with zero attached hydrogens (tertiary/aromatic N) is 4. The Morgan fingerprint density at radius 3 is 2.78 bits per heavy atom. The predicted molar refractivity (Wildman–Crippen MR) is 102 cm³/mol. The van der Waals surface area contributed by atoms with Crippen LogP contribution in [0.5, 0.6) is 0 Å². The molecule has 3 aromatic rings. The molecule has 1 N–H and O–H groups in total. The molecule has 1 amide bonds. The molecule has 0 aliphatic carbocycles. The molecule has 6 nitrogen and oxygen atoms in total. The number of aromatic nitrogens is 3. The maximum Gasteiger partial charge on any atom is 0.251 e. The number of halogens is 2. The molecular formula is C19H17ClFN5O. The first-order valence-corrected chi connectivity index (χ1v) is 8.90. The Morgan fingerprint density at radius 1 is 1.26 bits per heavy atom. The molecule has 8 heteroatoms. The van der Waals surface area contributed by atoms with E-state index in [1.165, 1.54) is 6.07 Å². The monoisotopic (exact) mass is 385 g/mol. The van der Waals surface area contributed by atoms with E-state index in [0.717, 1.165) is 28.4 Å². The molecule has 1 saturated heterocycles. The lowest BCUT2D eigenvalue weighted by atomic mass is 10.0. The fourth-order valence-electron chi connectivity index (χ4n) is 3.12. The van der Waals surface area contributed by atoms with Gasteiger partial charge in [0.1, 0.15) is 11.6 Å². The van der Waals surface area contributed by atoms with Crippen molar-refractivity contribution < 1.29 is 9.18 Å². The summed E-state index contributed by atoms with van der Waals surface area (Å²) in [7, 11) is 0. The molecule has 0 saturated carbocycles. The van der Waals surface area contributed by atoms with Crippen molar-refractivity contribution in [1.82, 2.24) is 20.5 Å². The van der Waals surface area contributed by atoms with Crippen molar-refractivity contribution in [3.8, 4) is 0 Å². The molecular weight excluding hydrogens is 369 g/mol. The number of aryl methyl sites for hydroxylation is 2. The van der Waals surface area contributed by atoms with Gasteiger partial charge in [-0.15, -0.1) is 0 Å². The van der Waals surface area contributed by atoms with E-state index in [2.05, 4.69) is 20.5 Å². The molecule has 1 aromatic carbocycles. The van der Waals surface area contributed by atoms with Crippen molar-refractivity contribution in [3.63, 3.8) is 0 Å². The number of anilines is 1. The average Bonchev–Trinajstić information content (AvgIpc) is 2.61. The van der Waals surface area contributed by atoms with Crippen LogP contribution in [0.2, 0.25) is 5.02 Å². The van der Waals surface area contributed by atoms with Gasteiger partial charge in [0.25, 0.3) is 5.91 Å². The zero-order valence-corrected chi connectivity index (χ0v) is 15.6. The maximum absolute atomic E-state index is 13.1. The van der Waals surface area contributed by atoms with Crippen molar-refractivity contribution in [3.05, 3.63) is 58.1 Å². The van der Waals surface area contributed by atoms with Crippen LogP contribution >= 0.6 is 11.6 Å². The molecule has 0 bridgehead atoms. The van der Waals surface area contributed by atoms with E-state index < -0.39 is 5.82 Å². The Bertz CT molecular complexity index is 1050. The second-order valence-corrected chi connectivity index (χ2v) is 7.08. The topological polar surface area (TPSA) is 71.0 Å². The molecule has 0 radical (unpaired) electrons. The van der Waals surface area contributed by atoms with Crippen molar-refractivity contribution in [1.29, 1.82) is 0 Å². The van der Waals surface area contributed by atoms with Gasteiger partial charge in [-0.2, -0.15) is 10.2 Å². The van der Waals surface area contributed by atoms with Gasteiger partial charge in [0.05, 0.1) is 28.5 Å². The highest BCUT2D eigenvalue weighted by Crippen LogP contribution is 2.27. The van der Waals surface area contributed by atoms with Crippen molar-refractivity contribution in [2.24, 2.45) is 0 Å². The normalized spacial score (nSPS) is 14.3. The number of benzene rings is 1. The molecule has 2 aromatic heterocycles. The summed E-state index contributed by atoms with van der Waals surface area (Å²) in [4.78, 5) is 18.5. The minimum Gasteiger partial charge on any atom is -0.351 e. The number of carbonyl (C=O) groups excluding carboxylic acids is 1.